The van der Waals surface area contributed by atoms with Crippen LogP contribution in [0.5, 0.6) is 0 Å². The fourth-order valence-corrected chi connectivity index (χ4v) is 2.67. The van der Waals surface area contributed by atoms with Crippen LogP contribution < -0.4 is 5.73 Å². The van der Waals surface area contributed by atoms with E-state index in [1.807, 2.05) is 36.4 Å². The minimum atomic E-state index is -0.244. The Morgan fingerprint density at radius 1 is 0.808 bits per heavy atom. The number of carbonyl (C=O) groups excluding carboxylic acids is 1. The third-order valence-electron chi connectivity index (χ3n) is 3.99. The number of nitrogens with two attached hydrogens (primary N) is 1. The van der Waals surface area contributed by atoms with E-state index < -0.39 is 0 Å². The molecule has 0 fully saturated rings. The molecule has 1 heterocycles. The molecule has 0 amide bonds. The number of ketones is 1. The quantitative estimate of drug-likeness (QED) is 0.384. The number of fused-ring (bicyclic) bond motifs is 1. The lowest BCUT2D eigenvalue weighted by Gasteiger charge is -1.98. The predicted octanol–water partition coefficient (Wildman–Crippen LogP) is 5.66. The maximum absolute atomic E-state index is 12.6. The minimum Gasteiger partial charge on any atom is -0.450 e. The molecule has 5 heteroatoms. The number of carbonyl (C=O) groups is 1. The molecule has 3 aromatic carbocycles. The molecule has 1 aromatic heterocycles. The topological polar surface area (TPSA) is 81.0 Å². The van der Waals surface area contributed by atoms with Crippen LogP contribution in [0.2, 0.25) is 0 Å². The second-order valence-electron chi connectivity index (χ2n) is 5.76. The van der Waals surface area contributed by atoms with Gasteiger partial charge in [0.05, 0.1) is 17.1 Å². The zero-order chi connectivity index (χ0) is 17.9. The van der Waals surface area contributed by atoms with Crippen LogP contribution in [0, 0.1) is 0 Å². The molecule has 4 aromatic rings. The summed E-state index contributed by atoms with van der Waals surface area (Å²) in [5.74, 6) is -0.102. The van der Waals surface area contributed by atoms with Crippen LogP contribution in [0.1, 0.15) is 16.1 Å². The normalized spacial score (nSPS) is 11.2. The number of hydrogen-bond donors (Lipinski definition) is 1. The first-order valence-electron chi connectivity index (χ1n) is 8.11. The number of anilines is 1. The zero-order valence-electron chi connectivity index (χ0n) is 13.8. The standard InChI is InChI=1S/C21H15N3O2/c22-19-17-13-16(24-23-15-9-5-2-6-10-15)11-12-18(17)26-21(19)20(25)14-7-3-1-4-8-14/h1-13H,22H2. The van der Waals surface area contributed by atoms with Gasteiger partial charge >= 0.3 is 0 Å². The van der Waals surface area contributed by atoms with E-state index in [1.54, 1.807) is 42.5 Å². The van der Waals surface area contributed by atoms with E-state index in [9.17, 15) is 4.79 Å². The molecular weight excluding hydrogens is 326 g/mol. The second kappa shape index (κ2) is 6.64. The number of rotatable bonds is 4. The summed E-state index contributed by atoms with van der Waals surface area (Å²) < 4.78 is 5.69. The highest BCUT2D eigenvalue weighted by molar-refractivity contribution is 6.14. The summed E-state index contributed by atoms with van der Waals surface area (Å²) >= 11 is 0. The van der Waals surface area contributed by atoms with Gasteiger partial charge in [-0.2, -0.15) is 10.2 Å². The SMILES string of the molecule is Nc1c(C(=O)c2ccccc2)oc2ccc(N=Nc3ccccc3)cc12. The maximum atomic E-state index is 12.6. The highest BCUT2D eigenvalue weighted by atomic mass is 16.3. The summed E-state index contributed by atoms with van der Waals surface area (Å²) in [7, 11) is 0. The van der Waals surface area contributed by atoms with Gasteiger partial charge in [0.1, 0.15) is 5.58 Å². The summed E-state index contributed by atoms with van der Waals surface area (Å²) in [5.41, 5.74) is 8.94. The van der Waals surface area contributed by atoms with E-state index in [0.717, 1.165) is 5.69 Å². The van der Waals surface area contributed by atoms with E-state index in [0.29, 0.717) is 27.9 Å². The second-order valence-corrected chi connectivity index (χ2v) is 5.76. The van der Waals surface area contributed by atoms with Crippen molar-refractivity contribution in [3.63, 3.8) is 0 Å². The van der Waals surface area contributed by atoms with E-state index >= 15 is 0 Å². The Kier molecular flexibility index (Phi) is 4.03. The van der Waals surface area contributed by atoms with E-state index in [2.05, 4.69) is 10.2 Å². The van der Waals surface area contributed by atoms with E-state index in [-0.39, 0.29) is 11.5 Å². The smallest absolute Gasteiger partial charge is 0.230 e. The molecule has 126 valence electrons. The average Bonchev–Trinajstić information content (AvgIpc) is 3.03. The van der Waals surface area contributed by atoms with Crippen molar-refractivity contribution in [1.29, 1.82) is 0 Å². The number of azo groups is 1. The van der Waals surface area contributed by atoms with Crippen molar-refractivity contribution in [3.05, 3.63) is 90.2 Å². The van der Waals surface area contributed by atoms with E-state index in [4.69, 9.17) is 10.2 Å². The zero-order valence-corrected chi connectivity index (χ0v) is 13.8. The van der Waals surface area contributed by atoms with E-state index in [1.165, 1.54) is 0 Å². The van der Waals surface area contributed by atoms with Gasteiger partial charge in [-0.1, -0.05) is 48.5 Å². The van der Waals surface area contributed by atoms with Gasteiger partial charge in [0.15, 0.2) is 5.76 Å². The lowest BCUT2D eigenvalue weighted by atomic mass is 10.1. The van der Waals surface area contributed by atoms with Crippen molar-refractivity contribution in [3.8, 4) is 0 Å². The Morgan fingerprint density at radius 2 is 1.46 bits per heavy atom. The number of nitrogens with zero attached hydrogens (tertiary/aromatic N) is 2. The molecule has 5 nitrogen and oxygen atoms in total. The van der Waals surface area contributed by atoms with Crippen LogP contribution in [0.3, 0.4) is 0 Å². The lowest BCUT2D eigenvalue weighted by Crippen LogP contribution is -2.02. The highest BCUT2D eigenvalue weighted by Crippen LogP contribution is 2.33. The third-order valence-corrected chi connectivity index (χ3v) is 3.99. The van der Waals surface area contributed by atoms with Crippen molar-refractivity contribution >= 4 is 33.8 Å². The van der Waals surface area contributed by atoms with Gasteiger partial charge in [0.25, 0.3) is 0 Å². The molecule has 0 atom stereocenters. The van der Waals surface area contributed by atoms with Crippen LogP contribution >= 0.6 is 0 Å². The molecule has 0 unspecified atom stereocenters. The van der Waals surface area contributed by atoms with Crippen molar-refractivity contribution in [1.82, 2.24) is 0 Å². The molecule has 0 spiro atoms. The molecule has 0 saturated carbocycles. The first kappa shape index (κ1) is 15.8. The van der Waals surface area contributed by atoms with Crippen molar-refractivity contribution in [2.45, 2.75) is 0 Å². The minimum absolute atomic E-state index is 0.142. The summed E-state index contributed by atoms with van der Waals surface area (Å²) in [4.78, 5) is 12.6. The Bertz CT molecular complexity index is 1100. The Morgan fingerprint density at radius 3 is 2.19 bits per heavy atom. The molecule has 26 heavy (non-hydrogen) atoms. The first-order valence-corrected chi connectivity index (χ1v) is 8.11. The van der Waals surface area contributed by atoms with Gasteiger partial charge in [-0.05, 0) is 30.3 Å². The van der Waals surface area contributed by atoms with Gasteiger partial charge in [-0.25, -0.2) is 0 Å². The summed E-state index contributed by atoms with van der Waals surface area (Å²) in [6.45, 7) is 0. The first-order chi connectivity index (χ1) is 12.7. The number of hydrogen-bond acceptors (Lipinski definition) is 5. The highest BCUT2D eigenvalue weighted by Gasteiger charge is 2.20. The predicted molar refractivity (Wildman–Crippen MR) is 101 cm³/mol. The van der Waals surface area contributed by atoms with Gasteiger partial charge in [0.2, 0.25) is 5.78 Å². The molecule has 0 aliphatic carbocycles. The third kappa shape index (κ3) is 2.98. The van der Waals surface area contributed by atoms with Gasteiger partial charge in [-0.15, -0.1) is 0 Å². The van der Waals surface area contributed by atoms with Crippen LogP contribution in [0.25, 0.3) is 11.0 Å². The van der Waals surface area contributed by atoms with Crippen LogP contribution in [0.4, 0.5) is 17.1 Å². The van der Waals surface area contributed by atoms with Gasteiger partial charge < -0.3 is 10.2 Å². The molecule has 4 rings (SSSR count). The largest absolute Gasteiger partial charge is 0.450 e. The Hall–Kier alpha value is -3.73. The molecule has 0 radical (unpaired) electrons. The lowest BCUT2D eigenvalue weighted by molar-refractivity contribution is 0.101. The van der Waals surface area contributed by atoms with Gasteiger partial charge in [-0.3, -0.25) is 4.79 Å². The Balaban J connectivity index is 1.70. The number of furan rings is 1. The fraction of sp³-hybridized carbons (Fsp3) is 0. The summed E-state index contributed by atoms with van der Waals surface area (Å²) in [5, 5.41) is 9.06. The fourth-order valence-electron chi connectivity index (χ4n) is 2.67. The van der Waals surface area contributed by atoms with Crippen LogP contribution in [-0.2, 0) is 0 Å². The van der Waals surface area contributed by atoms with Crippen LogP contribution in [-0.4, -0.2) is 5.78 Å². The van der Waals surface area contributed by atoms with Crippen LogP contribution in [0.15, 0.2) is 93.5 Å². The average molecular weight is 341 g/mol. The van der Waals surface area contributed by atoms with Crippen molar-refractivity contribution in [2.24, 2.45) is 10.2 Å². The van der Waals surface area contributed by atoms with Crippen molar-refractivity contribution < 1.29 is 9.21 Å². The molecule has 0 aliphatic heterocycles. The summed E-state index contributed by atoms with van der Waals surface area (Å²) in [6.07, 6.45) is 0. The van der Waals surface area contributed by atoms with Gasteiger partial charge in [0, 0.05) is 10.9 Å². The number of benzene rings is 3. The monoisotopic (exact) mass is 341 g/mol. The molecule has 0 aliphatic rings. The molecular formula is C21H15N3O2. The maximum Gasteiger partial charge on any atom is 0.230 e. The molecule has 2 N–H and O–H groups in total. The van der Waals surface area contributed by atoms with Crippen molar-refractivity contribution in [2.75, 3.05) is 5.73 Å². The summed E-state index contributed by atoms with van der Waals surface area (Å²) in [6, 6.07) is 23.6. The molecule has 0 saturated heterocycles. The Labute approximate surface area is 149 Å². The number of nitrogen functional groups attached to an aromatic ring is 1. The molecule has 0 bridgehead atoms.